The first kappa shape index (κ1) is 23.5. The summed E-state index contributed by atoms with van der Waals surface area (Å²) in [4.78, 5) is 30.9. The van der Waals surface area contributed by atoms with Crippen molar-refractivity contribution < 1.29 is 9.59 Å². The number of piperidine rings is 1. The Kier molecular flexibility index (Phi) is 8.67. The van der Waals surface area contributed by atoms with Gasteiger partial charge in [0.1, 0.15) is 0 Å². The predicted octanol–water partition coefficient (Wildman–Crippen LogP) is 4.19. The molecule has 31 heavy (non-hydrogen) atoms. The minimum atomic E-state index is 0.00539. The van der Waals surface area contributed by atoms with E-state index < -0.39 is 0 Å². The molecule has 0 spiro atoms. The predicted molar refractivity (Wildman–Crippen MR) is 127 cm³/mol. The molecular formula is C25H35N3O2S. The summed E-state index contributed by atoms with van der Waals surface area (Å²) >= 11 is 1.72. The Labute approximate surface area is 190 Å². The van der Waals surface area contributed by atoms with Crippen LogP contribution in [0.1, 0.15) is 54.4 Å². The van der Waals surface area contributed by atoms with Crippen molar-refractivity contribution >= 4 is 23.2 Å². The maximum absolute atomic E-state index is 12.9. The zero-order valence-corrected chi connectivity index (χ0v) is 19.8. The lowest BCUT2D eigenvalue weighted by Gasteiger charge is -2.31. The molecule has 1 aliphatic rings. The van der Waals surface area contributed by atoms with E-state index in [-0.39, 0.29) is 17.7 Å². The van der Waals surface area contributed by atoms with E-state index in [1.165, 1.54) is 10.4 Å². The van der Waals surface area contributed by atoms with Crippen LogP contribution < -0.4 is 5.32 Å². The molecule has 0 saturated carbocycles. The van der Waals surface area contributed by atoms with Gasteiger partial charge in [0.05, 0.1) is 0 Å². The van der Waals surface area contributed by atoms with Gasteiger partial charge in [-0.25, -0.2) is 0 Å². The van der Waals surface area contributed by atoms with Crippen LogP contribution in [0.25, 0.3) is 0 Å². The monoisotopic (exact) mass is 441 g/mol. The van der Waals surface area contributed by atoms with E-state index in [4.69, 9.17) is 0 Å². The van der Waals surface area contributed by atoms with E-state index in [0.717, 1.165) is 37.9 Å². The van der Waals surface area contributed by atoms with Crippen LogP contribution >= 0.6 is 11.3 Å². The summed E-state index contributed by atoms with van der Waals surface area (Å²) in [6, 6.07) is 12.6. The molecule has 5 nitrogen and oxygen atoms in total. The smallest absolute Gasteiger partial charge is 0.253 e. The number of amides is 2. The Balaban J connectivity index is 1.44. The highest BCUT2D eigenvalue weighted by molar-refractivity contribution is 7.09. The van der Waals surface area contributed by atoms with Gasteiger partial charge in [-0.3, -0.25) is 14.5 Å². The van der Waals surface area contributed by atoms with Crippen LogP contribution in [-0.2, 0) is 17.8 Å². The zero-order valence-electron chi connectivity index (χ0n) is 19.0. The Morgan fingerprint density at radius 2 is 1.87 bits per heavy atom. The van der Waals surface area contributed by atoms with Gasteiger partial charge in [0.2, 0.25) is 5.91 Å². The molecule has 1 fully saturated rings. The van der Waals surface area contributed by atoms with Gasteiger partial charge in [0, 0.05) is 48.6 Å². The van der Waals surface area contributed by atoms with E-state index >= 15 is 0 Å². The molecule has 1 aliphatic heterocycles. The number of carbonyl (C=O) groups excluding carboxylic acids is 2. The fraction of sp³-hybridized carbons (Fsp3) is 0.520. The highest BCUT2D eigenvalue weighted by Gasteiger charge is 2.27. The van der Waals surface area contributed by atoms with Gasteiger partial charge < -0.3 is 10.2 Å². The Bertz CT molecular complexity index is 825. The van der Waals surface area contributed by atoms with Crippen LogP contribution in [0.5, 0.6) is 0 Å². The number of nitrogens with zero attached hydrogens (tertiary/aromatic N) is 2. The van der Waals surface area contributed by atoms with Crippen molar-refractivity contribution in [2.45, 2.75) is 52.6 Å². The summed E-state index contributed by atoms with van der Waals surface area (Å²) in [5.41, 5.74) is 1.96. The SMILES string of the molecule is CCN(Cc1ccc(C(=O)N2CCC(C(=O)NCCc3cccs3)CC2)cc1)C(C)C. The number of carbonyl (C=O) groups is 2. The lowest BCUT2D eigenvalue weighted by Crippen LogP contribution is -2.43. The molecule has 2 aromatic rings. The third kappa shape index (κ3) is 6.65. The van der Waals surface area contributed by atoms with Gasteiger partial charge in [-0.2, -0.15) is 0 Å². The molecule has 0 unspecified atom stereocenters. The van der Waals surface area contributed by atoms with Crippen LogP contribution in [0.4, 0.5) is 0 Å². The second-order valence-electron chi connectivity index (χ2n) is 8.54. The van der Waals surface area contributed by atoms with E-state index in [1.807, 2.05) is 23.1 Å². The normalized spacial score (nSPS) is 14.9. The van der Waals surface area contributed by atoms with Gasteiger partial charge in [0.25, 0.3) is 5.91 Å². The number of thiophene rings is 1. The highest BCUT2D eigenvalue weighted by Crippen LogP contribution is 2.20. The maximum Gasteiger partial charge on any atom is 0.253 e. The van der Waals surface area contributed by atoms with Crippen LogP contribution in [0.3, 0.4) is 0 Å². The summed E-state index contributed by atoms with van der Waals surface area (Å²) in [6.45, 7) is 10.4. The second-order valence-corrected chi connectivity index (χ2v) is 9.57. The molecule has 0 bridgehead atoms. The van der Waals surface area contributed by atoms with Gasteiger partial charge in [0.15, 0.2) is 0 Å². The number of benzene rings is 1. The molecule has 168 valence electrons. The molecule has 3 rings (SSSR count). The van der Waals surface area contributed by atoms with Crippen molar-refractivity contribution in [3.8, 4) is 0 Å². The average molecular weight is 442 g/mol. The van der Waals surface area contributed by atoms with E-state index in [0.29, 0.717) is 25.7 Å². The fourth-order valence-corrected chi connectivity index (χ4v) is 4.79. The lowest BCUT2D eigenvalue weighted by atomic mass is 9.95. The molecule has 6 heteroatoms. The minimum Gasteiger partial charge on any atom is -0.355 e. The first-order valence-electron chi connectivity index (χ1n) is 11.4. The van der Waals surface area contributed by atoms with E-state index in [9.17, 15) is 9.59 Å². The van der Waals surface area contributed by atoms with Crippen LogP contribution in [0.15, 0.2) is 41.8 Å². The summed E-state index contributed by atoms with van der Waals surface area (Å²) in [6.07, 6.45) is 2.34. The average Bonchev–Trinajstić information content (AvgIpc) is 3.31. The standard InChI is InChI=1S/C25H35N3O2S/c1-4-27(19(2)3)18-20-7-9-22(10-8-20)25(30)28-15-12-21(13-16-28)24(29)26-14-11-23-6-5-17-31-23/h5-10,17,19,21H,4,11-16,18H2,1-3H3,(H,26,29). The van der Waals surface area contributed by atoms with Crippen LogP contribution in [0.2, 0.25) is 0 Å². The third-order valence-corrected chi connectivity index (χ3v) is 7.06. The Hall–Kier alpha value is -2.18. The maximum atomic E-state index is 12.9. The quantitative estimate of drug-likeness (QED) is 0.635. The first-order chi connectivity index (χ1) is 15.0. The van der Waals surface area contributed by atoms with Crippen LogP contribution in [0, 0.1) is 5.92 Å². The van der Waals surface area contributed by atoms with Crippen LogP contribution in [-0.4, -0.2) is 53.8 Å². The number of likely N-dealkylation sites (tertiary alicyclic amines) is 1. The van der Waals surface area contributed by atoms with E-state index in [2.05, 4.69) is 54.6 Å². The van der Waals surface area contributed by atoms with Crippen molar-refractivity contribution in [1.29, 1.82) is 0 Å². The lowest BCUT2D eigenvalue weighted by molar-refractivity contribution is -0.126. The molecule has 2 heterocycles. The summed E-state index contributed by atoms with van der Waals surface area (Å²) in [5.74, 6) is 0.198. The molecule has 1 aromatic heterocycles. The van der Waals surface area contributed by atoms with Crippen molar-refractivity contribution in [3.05, 3.63) is 57.8 Å². The molecule has 1 aromatic carbocycles. The topological polar surface area (TPSA) is 52.7 Å². The zero-order chi connectivity index (χ0) is 22.2. The largest absolute Gasteiger partial charge is 0.355 e. The molecule has 1 N–H and O–H groups in total. The van der Waals surface area contributed by atoms with Crippen molar-refractivity contribution in [3.63, 3.8) is 0 Å². The summed E-state index contributed by atoms with van der Waals surface area (Å²) in [7, 11) is 0. The van der Waals surface area contributed by atoms with Gasteiger partial charge in [-0.1, -0.05) is 25.1 Å². The van der Waals surface area contributed by atoms with Crippen molar-refractivity contribution in [2.75, 3.05) is 26.2 Å². The third-order valence-electron chi connectivity index (χ3n) is 6.13. The van der Waals surface area contributed by atoms with E-state index in [1.54, 1.807) is 11.3 Å². The molecule has 1 saturated heterocycles. The summed E-state index contributed by atoms with van der Waals surface area (Å²) in [5, 5.41) is 5.12. The van der Waals surface area contributed by atoms with Gasteiger partial charge in [-0.15, -0.1) is 11.3 Å². The van der Waals surface area contributed by atoms with Crippen molar-refractivity contribution in [2.24, 2.45) is 5.92 Å². The first-order valence-corrected chi connectivity index (χ1v) is 12.3. The number of hydrogen-bond donors (Lipinski definition) is 1. The van der Waals surface area contributed by atoms with Gasteiger partial charge >= 0.3 is 0 Å². The Morgan fingerprint density at radius 3 is 2.45 bits per heavy atom. The highest BCUT2D eigenvalue weighted by atomic mass is 32.1. The number of nitrogens with one attached hydrogen (secondary N) is 1. The fourth-order valence-electron chi connectivity index (χ4n) is 4.08. The number of hydrogen-bond acceptors (Lipinski definition) is 4. The van der Waals surface area contributed by atoms with Gasteiger partial charge in [-0.05, 0) is 68.8 Å². The molecular weight excluding hydrogens is 406 g/mol. The Morgan fingerprint density at radius 1 is 1.16 bits per heavy atom. The van der Waals surface area contributed by atoms with Crippen molar-refractivity contribution in [1.82, 2.24) is 15.1 Å². The molecule has 0 atom stereocenters. The second kappa shape index (κ2) is 11.4. The molecule has 2 amide bonds. The minimum absolute atomic E-state index is 0.00539. The molecule has 0 aliphatic carbocycles. The number of rotatable bonds is 9. The molecule has 0 radical (unpaired) electrons. The summed E-state index contributed by atoms with van der Waals surface area (Å²) < 4.78 is 0.